The van der Waals surface area contributed by atoms with Crippen molar-refractivity contribution in [2.75, 3.05) is 18.0 Å². The number of amides is 1. The number of carboxylic acids is 1. The maximum Gasteiger partial charge on any atom is 0.335 e. The van der Waals surface area contributed by atoms with E-state index < -0.39 is 5.97 Å². The Morgan fingerprint density at radius 3 is 2.26 bits per heavy atom. The summed E-state index contributed by atoms with van der Waals surface area (Å²) in [6, 6.07) is 8.50. The van der Waals surface area contributed by atoms with Gasteiger partial charge in [0.1, 0.15) is 0 Å². The minimum absolute atomic E-state index is 0.0227. The third kappa shape index (κ3) is 4.81. The zero-order valence-electron chi connectivity index (χ0n) is 15.6. The van der Waals surface area contributed by atoms with Gasteiger partial charge >= 0.3 is 5.97 Å². The molecule has 0 spiro atoms. The van der Waals surface area contributed by atoms with Gasteiger partial charge in [-0.25, -0.2) is 14.8 Å². The highest BCUT2D eigenvalue weighted by Gasteiger charge is 2.26. The van der Waals surface area contributed by atoms with Crippen LogP contribution >= 0.6 is 0 Å². The van der Waals surface area contributed by atoms with Crippen molar-refractivity contribution in [3.63, 3.8) is 0 Å². The van der Waals surface area contributed by atoms with E-state index in [0.29, 0.717) is 6.54 Å². The van der Waals surface area contributed by atoms with Crippen LogP contribution in [0, 0.1) is 19.8 Å². The highest BCUT2D eigenvalue weighted by molar-refractivity contribution is 5.87. The molecule has 1 aliphatic heterocycles. The third-order valence-corrected chi connectivity index (χ3v) is 4.79. The van der Waals surface area contributed by atoms with E-state index in [1.54, 1.807) is 24.3 Å². The Balaban J connectivity index is 1.50. The lowest BCUT2D eigenvalue weighted by Crippen LogP contribution is -2.41. The fraction of sp³-hybridized carbons (Fsp3) is 0.400. The molecule has 2 N–H and O–H groups in total. The fourth-order valence-electron chi connectivity index (χ4n) is 3.29. The molecule has 7 nitrogen and oxygen atoms in total. The molecule has 0 aliphatic carbocycles. The van der Waals surface area contributed by atoms with E-state index >= 15 is 0 Å². The van der Waals surface area contributed by atoms with Crippen LogP contribution in [0.15, 0.2) is 30.3 Å². The number of aryl methyl sites for hydroxylation is 2. The van der Waals surface area contributed by atoms with Crippen molar-refractivity contribution in [1.29, 1.82) is 0 Å². The maximum atomic E-state index is 12.4. The summed E-state index contributed by atoms with van der Waals surface area (Å²) in [5, 5.41) is 11.9. The molecule has 2 aromatic rings. The van der Waals surface area contributed by atoms with E-state index in [1.807, 2.05) is 19.9 Å². The van der Waals surface area contributed by atoms with Crippen molar-refractivity contribution in [2.45, 2.75) is 33.2 Å². The number of carboxylic acid groups (broad SMARTS) is 1. The van der Waals surface area contributed by atoms with Crippen LogP contribution in [-0.4, -0.2) is 40.0 Å². The van der Waals surface area contributed by atoms with Crippen LogP contribution in [0.2, 0.25) is 0 Å². The molecular formula is C20H24N4O3. The highest BCUT2D eigenvalue weighted by atomic mass is 16.4. The van der Waals surface area contributed by atoms with E-state index in [-0.39, 0.29) is 17.4 Å². The molecule has 2 heterocycles. The summed E-state index contributed by atoms with van der Waals surface area (Å²) in [4.78, 5) is 34.4. The summed E-state index contributed by atoms with van der Waals surface area (Å²) in [7, 11) is 0. The Hall–Kier alpha value is -2.96. The van der Waals surface area contributed by atoms with E-state index in [9.17, 15) is 9.59 Å². The number of hydrogen-bond donors (Lipinski definition) is 2. The second-order valence-corrected chi connectivity index (χ2v) is 6.93. The van der Waals surface area contributed by atoms with Crippen molar-refractivity contribution in [2.24, 2.45) is 5.92 Å². The lowest BCUT2D eigenvalue weighted by Gasteiger charge is -2.31. The second kappa shape index (κ2) is 8.16. The molecule has 0 saturated carbocycles. The predicted octanol–water partition coefficient (Wildman–Crippen LogP) is 2.32. The quantitative estimate of drug-likeness (QED) is 0.841. The summed E-state index contributed by atoms with van der Waals surface area (Å²) in [6.45, 7) is 5.84. The van der Waals surface area contributed by atoms with Gasteiger partial charge in [0.2, 0.25) is 11.9 Å². The Morgan fingerprint density at radius 2 is 1.70 bits per heavy atom. The van der Waals surface area contributed by atoms with E-state index in [4.69, 9.17) is 5.11 Å². The Kier molecular flexibility index (Phi) is 5.69. The summed E-state index contributed by atoms with van der Waals surface area (Å²) in [6.07, 6.45) is 1.53. The first-order valence-corrected chi connectivity index (χ1v) is 9.09. The topological polar surface area (TPSA) is 95.4 Å². The van der Waals surface area contributed by atoms with Gasteiger partial charge in [-0.05, 0) is 50.5 Å². The molecule has 1 saturated heterocycles. The van der Waals surface area contributed by atoms with Gasteiger partial charge < -0.3 is 15.3 Å². The zero-order chi connectivity index (χ0) is 19.4. The van der Waals surface area contributed by atoms with E-state index in [1.165, 1.54) is 0 Å². The smallest absolute Gasteiger partial charge is 0.335 e. The average Bonchev–Trinajstić information content (AvgIpc) is 2.66. The first-order valence-electron chi connectivity index (χ1n) is 9.09. The van der Waals surface area contributed by atoms with Crippen LogP contribution in [0.5, 0.6) is 0 Å². The van der Waals surface area contributed by atoms with Gasteiger partial charge in [-0.1, -0.05) is 12.1 Å². The van der Waals surface area contributed by atoms with Crippen molar-refractivity contribution in [3.8, 4) is 0 Å². The molecule has 1 aromatic heterocycles. The number of aromatic carboxylic acids is 1. The standard InChI is InChI=1S/C20H24N4O3/c1-13-11-14(2)23-20(22-13)24-9-7-16(8-10-24)18(25)21-12-15-3-5-17(6-4-15)19(26)27/h3-6,11,16H,7-10,12H2,1-2H3,(H,21,25)(H,26,27). The molecule has 1 amide bonds. The molecule has 0 bridgehead atoms. The summed E-state index contributed by atoms with van der Waals surface area (Å²) in [5.41, 5.74) is 3.03. The maximum absolute atomic E-state index is 12.4. The van der Waals surface area contributed by atoms with Gasteiger partial charge in [0.25, 0.3) is 0 Å². The van der Waals surface area contributed by atoms with Crippen LogP contribution in [-0.2, 0) is 11.3 Å². The van der Waals surface area contributed by atoms with Crippen LogP contribution in [0.3, 0.4) is 0 Å². The third-order valence-electron chi connectivity index (χ3n) is 4.79. The Bertz CT molecular complexity index is 807. The number of rotatable bonds is 5. The number of carbonyl (C=O) groups is 2. The monoisotopic (exact) mass is 368 g/mol. The molecule has 1 aromatic carbocycles. The molecule has 7 heteroatoms. The zero-order valence-corrected chi connectivity index (χ0v) is 15.6. The lowest BCUT2D eigenvalue weighted by molar-refractivity contribution is -0.125. The number of aromatic nitrogens is 2. The molecule has 142 valence electrons. The minimum atomic E-state index is -0.954. The van der Waals surface area contributed by atoms with Gasteiger partial charge in [0.15, 0.2) is 0 Å². The van der Waals surface area contributed by atoms with Crippen molar-refractivity contribution < 1.29 is 14.7 Å². The van der Waals surface area contributed by atoms with Crippen molar-refractivity contribution >= 4 is 17.8 Å². The van der Waals surface area contributed by atoms with Crippen LogP contribution in [0.1, 0.15) is 40.2 Å². The van der Waals surface area contributed by atoms with Gasteiger partial charge in [-0.15, -0.1) is 0 Å². The van der Waals surface area contributed by atoms with Crippen molar-refractivity contribution in [3.05, 3.63) is 52.8 Å². The summed E-state index contributed by atoms with van der Waals surface area (Å²) >= 11 is 0. The molecule has 0 radical (unpaired) electrons. The van der Waals surface area contributed by atoms with Crippen LogP contribution in [0.25, 0.3) is 0 Å². The minimum Gasteiger partial charge on any atom is -0.478 e. The first kappa shape index (κ1) is 18.8. The first-order chi connectivity index (χ1) is 12.9. The van der Waals surface area contributed by atoms with Crippen LogP contribution < -0.4 is 10.2 Å². The second-order valence-electron chi connectivity index (χ2n) is 6.93. The number of nitrogens with zero attached hydrogens (tertiary/aromatic N) is 3. The summed E-state index contributed by atoms with van der Waals surface area (Å²) in [5.74, 6) is -0.196. The molecule has 1 aliphatic rings. The SMILES string of the molecule is Cc1cc(C)nc(N2CCC(C(=O)NCc3ccc(C(=O)O)cc3)CC2)n1. The number of nitrogens with one attached hydrogen (secondary N) is 1. The Morgan fingerprint density at radius 1 is 1.11 bits per heavy atom. The lowest BCUT2D eigenvalue weighted by atomic mass is 9.96. The molecule has 1 fully saturated rings. The molecule has 0 unspecified atom stereocenters. The number of hydrogen-bond acceptors (Lipinski definition) is 5. The largest absolute Gasteiger partial charge is 0.478 e. The number of anilines is 1. The van der Waals surface area contributed by atoms with Gasteiger partial charge in [-0.3, -0.25) is 4.79 Å². The normalized spacial score (nSPS) is 14.8. The average molecular weight is 368 g/mol. The molecule has 27 heavy (non-hydrogen) atoms. The predicted molar refractivity (Wildman–Crippen MR) is 102 cm³/mol. The van der Waals surface area contributed by atoms with Gasteiger partial charge in [0, 0.05) is 36.9 Å². The molecular weight excluding hydrogens is 344 g/mol. The van der Waals surface area contributed by atoms with Gasteiger partial charge in [0.05, 0.1) is 5.56 Å². The van der Waals surface area contributed by atoms with Crippen LogP contribution in [0.4, 0.5) is 5.95 Å². The summed E-state index contributed by atoms with van der Waals surface area (Å²) < 4.78 is 0. The van der Waals surface area contributed by atoms with E-state index in [2.05, 4.69) is 20.2 Å². The highest BCUT2D eigenvalue weighted by Crippen LogP contribution is 2.21. The van der Waals surface area contributed by atoms with Crippen molar-refractivity contribution in [1.82, 2.24) is 15.3 Å². The van der Waals surface area contributed by atoms with Gasteiger partial charge in [-0.2, -0.15) is 0 Å². The fourth-order valence-corrected chi connectivity index (χ4v) is 3.29. The number of piperidine rings is 1. The number of carbonyl (C=O) groups excluding carboxylic acids is 1. The Labute approximate surface area is 158 Å². The van der Waals surface area contributed by atoms with E-state index in [0.717, 1.165) is 48.8 Å². The number of benzene rings is 1. The molecule has 3 rings (SSSR count). The molecule has 0 atom stereocenters.